The third-order valence-corrected chi connectivity index (χ3v) is 7.50. The van der Waals surface area contributed by atoms with Crippen molar-refractivity contribution in [2.75, 3.05) is 14.1 Å². The van der Waals surface area contributed by atoms with Crippen molar-refractivity contribution in [1.29, 1.82) is 0 Å². The Balaban J connectivity index is 1.48. The van der Waals surface area contributed by atoms with E-state index in [2.05, 4.69) is 42.9 Å². The molecule has 0 bridgehead atoms. The van der Waals surface area contributed by atoms with E-state index in [0.29, 0.717) is 13.1 Å². The largest absolute Gasteiger partial charge is 0.386 e. The fourth-order valence-electron chi connectivity index (χ4n) is 5.69. The molecule has 9 heteroatoms. The topological polar surface area (TPSA) is 89.8 Å². The van der Waals surface area contributed by atoms with Crippen LogP contribution in [0.5, 0.6) is 0 Å². The molecule has 0 aliphatic heterocycles. The Labute approximate surface area is 239 Å². The lowest BCUT2D eigenvalue weighted by molar-refractivity contribution is 0.152. The summed E-state index contributed by atoms with van der Waals surface area (Å²) in [5.41, 5.74) is 8.60. The molecule has 1 N–H and O–H groups in total. The molecular formula is C32H36N8O. The third-order valence-electron chi connectivity index (χ3n) is 7.50. The van der Waals surface area contributed by atoms with Gasteiger partial charge >= 0.3 is 0 Å². The Kier molecular flexibility index (Phi) is 6.93. The first-order valence-electron chi connectivity index (χ1n) is 14.0. The second kappa shape index (κ2) is 10.6. The Morgan fingerprint density at radius 1 is 0.951 bits per heavy atom. The fourth-order valence-corrected chi connectivity index (χ4v) is 5.69. The first kappa shape index (κ1) is 26.9. The molecule has 9 nitrogen and oxygen atoms in total. The summed E-state index contributed by atoms with van der Waals surface area (Å²) in [5, 5.41) is 27.4. The summed E-state index contributed by atoms with van der Waals surface area (Å²) in [4.78, 5) is 7.06. The van der Waals surface area contributed by atoms with Crippen LogP contribution in [0.4, 0.5) is 0 Å². The lowest BCUT2D eigenvalue weighted by Crippen LogP contribution is -2.15. The first-order valence-corrected chi connectivity index (χ1v) is 14.0. The van der Waals surface area contributed by atoms with E-state index in [0.717, 1.165) is 55.8 Å². The van der Waals surface area contributed by atoms with Crippen LogP contribution in [0.1, 0.15) is 48.4 Å². The lowest BCUT2D eigenvalue weighted by atomic mass is 9.95. The van der Waals surface area contributed by atoms with E-state index in [4.69, 9.17) is 15.2 Å². The summed E-state index contributed by atoms with van der Waals surface area (Å²) in [5.74, 6) is 0.247. The normalized spacial score (nSPS) is 12.8. The molecule has 0 spiro atoms. The highest BCUT2D eigenvalue weighted by Crippen LogP contribution is 2.37. The van der Waals surface area contributed by atoms with Crippen LogP contribution in [-0.4, -0.2) is 58.4 Å². The highest BCUT2D eigenvalue weighted by molar-refractivity contribution is 5.94. The number of aryl methyl sites for hydroxylation is 1. The second-order valence-electron chi connectivity index (χ2n) is 11.3. The molecule has 2 aromatic carbocycles. The van der Waals surface area contributed by atoms with E-state index < -0.39 is 6.10 Å². The Morgan fingerprint density at radius 3 is 2.46 bits per heavy atom. The average Bonchev–Trinajstić information content (AvgIpc) is 3.61. The maximum Gasteiger partial charge on any atom is 0.181 e. The van der Waals surface area contributed by atoms with Crippen molar-refractivity contribution in [3.8, 4) is 16.9 Å². The highest BCUT2D eigenvalue weighted by atomic mass is 16.3. The van der Waals surface area contributed by atoms with Crippen molar-refractivity contribution in [1.82, 2.24) is 39.2 Å². The van der Waals surface area contributed by atoms with Crippen LogP contribution >= 0.6 is 0 Å². The van der Waals surface area contributed by atoms with Crippen molar-refractivity contribution >= 4 is 21.9 Å². The summed E-state index contributed by atoms with van der Waals surface area (Å²) in [6.45, 7) is 7.59. The van der Waals surface area contributed by atoms with Crippen molar-refractivity contribution in [3.63, 3.8) is 0 Å². The van der Waals surface area contributed by atoms with Gasteiger partial charge in [-0.3, -0.25) is 9.36 Å². The number of pyridine rings is 1. The number of fused-ring (bicyclic) bond motifs is 2. The summed E-state index contributed by atoms with van der Waals surface area (Å²) < 4.78 is 5.68. The molecule has 41 heavy (non-hydrogen) atoms. The number of rotatable bonds is 8. The lowest BCUT2D eigenvalue weighted by Gasteiger charge is -2.15. The molecule has 0 fully saturated rings. The zero-order chi connectivity index (χ0) is 28.8. The third kappa shape index (κ3) is 5.03. The Morgan fingerprint density at radius 2 is 1.73 bits per heavy atom. The van der Waals surface area contributed by atoms with Crippen LogP contribution in [0, 0.1) is 6.92 Å². The molecule has 6 rings (SSSR count). The molecule has 4 heterocycles. The van der Waals surface area contributed by atoms with Gasteiger partial charge in [0.1, 0.15) is 0 Å². The van der Waals surface area contributed by atoms with Gasteiger partial charge in [-0.25, -0.2) is 9.67 Å². The quantitative estimate of drug-likeness (QED) is 0.274. The minimum atomic E-state index is -0.647. The van der Waals surface area contributed by atoms with E-state index >= 15 is 0 Å². The van der Waals surface area contributed by atoms with Gasteiger partial charge in [-0.05, 0) is 44.6 Å². The fraction of sp³-hybridized carbons (Fsp3) is 0.312. The molecule has 0 radical (unpaired) electrons. The Hall–Kier alpha value is -4.34. The van der Waals surface area contributed by atoms with Gasteiger partial charge in [-0.1, -0.05) is 56.3 Å². The van der Waals surface area contributed by atoms with Crippen molar-refractivity contribution in [2.24, 2.45) is 7.05 Å². The first-order chi connectivity index (χ1) is 19.7. The number of hydrogen-bond acceptors (Lipinski definition) is 6. The van der Waals surface area contributed by atoms with Crippen LogP contribution in [0.3, 0.4) is 0 Å². The van der Waals surface area contributed by atoms with Crippen LogP contribution in [0.15, 0.2) is 67.0 Å². The number of hydrogen-bond donors (Lipinski definition) is 1. The SMILES string of the molecule is Cc1c(C(C)C)c(-c2cccc3nn(C[C@H](O)c4ccccc4)cc23)nn1-c1cc2cn(C)nc2nc1CN(C)C. The van der Waals surface area contributed by atoms with Crippen LogP contribution in [-0.2, 0) is 20.1 Å². The minimum Gasteiger partial charge on any atom is -0.386 e. The summed E-state index contributed by atoms with van der Waals surface area (Å²) in [6, 6.07) is 18.0. The van der Waals surface area contributed by atoms with E-state index in [-0.39, 0.29) is 5.92 Å². The number of benzene rings is 2. The van der Waals surface area contributed by atoms with Gasteiger partial charge in [-0.15, -0.1) is 0 Å². The average molecular weight is 549 g/mol. The molecule has 1 atom stereocenters. The number of nitrogens with zero attached hydrogens (tertiary/aromatic N) is 8. The maximum atomic E-state index is 10.8. The van der Waals surface area contributed by atoms with Gasteiger partial charge in [0.25, 0.3) is 0 Å². The highest BCUT2D eigenvalue weighted by Gasteiger charge is 2.24. The van der Waals surface area contributed by atoms with E-state index in [9.17, 15) is 5.11 Å². The van der Waals surface area contributed by atoms with Crippen LogP contribution in [0.2, 0.25) is 0 Å². The molecule has 0 aliphatic rings. The molecule has 0 amide bonds. The van der Waals surface area contributed by atoms with Gasteiger partial charge in [0, 0.05) is 53.6 Å². The summed E-state index contributed by atoms with van der Waals surface area (Å²) in [6.07, 6.45) is 3.37. The molecule has 210 valence electrons. The Bertz CT molecular complexity index is 1840. The van der Waals surface area contributed by atoms with Crippen LogP contribution in [0.25, 0.3) is 38.9 Å². The predicted octanol–water partition coefficient (Wildman–Crippen LogP) is 5.40. The van der Waals surface area contributed by atoms with Crippen molar-refractivity contribution < 1.29 is 5.11 Å². The monoisotopic (exact) mass is 548 g/mol. The van der Waals surface area contributed by atoms with Crippen molar-refractivity contribution in [3.05, 3.63) is 89.5 Å². The number of aromatic nitrogens is 7. The van der Waals surface area contributed by atoms with E-state index in [1.54, 1.807) is 4.68 Å². The minimum absolute atomic E-state index is 0.247. The second-order valence-corrected chi connectivity index (χ2v) is 11.3. The molecule has 4 aromatic heterocycles. The van der Waals surface area contributed by atoms with Gasteiger partial charge in [0.2, 0.25) is 0 Å². The zero-order valence-corrected chi connectivity index (χ0v) is 24.4. The molecule has 0 unspecified atom stereocenters. The van der Waals surface area contributed by atoms with Crippen molar-refractivity contribution in [2.45, 2.75) is 45.9 Å². The molecule has 0 saturated carbocycles. The predicted molar refractivity (Wildman–Crippen MR) is 162 cm³/mol. The standard InChI is InChI=1S/C32H36N8O/c1-20(2)30-21(3)40(28-15-23-16-38(6)36-32(23)33-27(28)18-37(4)5)35-31(30)24-13-10-14-26-25(24)17-39(34-26)19-29(41)22-11-8-7-9-12-22/h7-17,20,29,41H,18-19H2,1-6H3/t29-/m0/s1. The summed E-state index contributed by atoms with van der Waals surface area (Å²) in [7, 11) is 6.00. The molecule has 0 saturated heterocycles. The van der Waals surface area contributed by atoms with Gasteiger partial charge in [0.05, 0.1) is 35.2 Å². The van der Waals surface area contributed by atoms with Gasteiger partial charge < -0.3 is 10.0 Å². The zero-order valence-electron chi connectivity index (χ0n) is 24.4. The maximum absolute atomic E-state index is 10.8. The van der Waals surface area contributed by atoms with E-state index in [1.165, 1.54) is 5.56 Å². The molecule has 6 aromatic rings. The molecule has 0 aliphatic carbocycles. The van der Waals surface area contributed by atoms with Gasteiger partial charge in [-0.2, -0.15) is 15.3 Å². The molecular weight excluding hydrogens is 512 g/mol. The summed E-state index contributed by atoms with van der Waals surface area (Å²) >= 11 is 0. The number of aliphatic hydroxyl groups is 1. The van der Waals surface area contributed by atoms with Gasteiger partial charge in [0.15, 0.2) is 5.65 Å². The van der Waals surface area contributed by atoms with E-state index in [1.807, 2.05) is 85.4 Å². The smallest absolute Gasteiger partial charge is 0.181 e. The number of aliphatic hydroxyl groups excluding tert-OH is 1. The van der Waals surface area contributed by atoms with Crippen LogP contribution < -0.4 is 0 Å².